The minimum absolute atomic E-state index is 0.130. The lowest BCUT2D eigenvalue weighted by Crippen LogP contribution is -2.38. The first-order chi connectivity index (χ1) is 10.7. The smallest absolute Gasteiger partial charge is 0.269 e. The van der Waals surface area contributed by atoms with Crippen LogP contribution in [0.3, 0.4) is 0 Å². The van der Waals surface area contributed by atoms with Gasteiger partial charge < -0.3 is 5.32 Å². The lowest BCUT2D eigenvalue weighted by Gasteiger charge is -2.14. The molecule has 1 N–H and O–H groups in total. The van der Waals surface area contributed by atoms with Crippen molar-refractivity contribution in [3.05, 3.63) is 65.5 Å². The van der Waals surface area contributed by atoms with Crippen LogP contribution in [0.25, 0.3) is 0 Å². The second kappa shape index (κ2) is 5.77. The van der Waals surface area contributed by atoms with E-state index in [1.54, 1.807) is 42.5 Å². The van der Waals surface area contributed by atoms with Crippen LogP contribution in [-0.4, -0.2) is 40.7 Å². The van der Waals surface area contributed by atoms with E-state index in [-0.39, 0.29) is 30.8 Å². The number of carbonyl (C=O) groups excluding carboxylic acids is 3. The highest BCUT2D eigenvalue weighted by atomic mass is 16.2. The van der Waals surface area contributed by atoms with E-state index in [1.807, 2.05) is 0 Å². The Bertz CT molecular complexity index is 708. The van der Waals surface area contributed by atoms with Gasteiger partial charge >= 0.3 is 0 Å². The van der Waals surface area contributed by atoms with Crippen LogP contribution in [-0.2, 0) is 0 Å². The van der Waals surface area contributed by atoms with Gasteiger partial charge in [-0.05, 0) is 24.3 Å². The molecule has 110 valence electrons. The molecule has 0 unspecified atom stereocenters. The molecule has 3 amide bonds. The third-order valence-corrected chi connectivity index (χ3v) is 3.40. The molecule has 0 atom stereocenters. The van der Waals surface area contributed by atoms with Crippen molar-refractivity contribution in [2.45, 2.75) is 0 Å². The number of hydrogen-bond donors (Lipinski definition) is 1. The first-order valence-electron chi connectivity index (χ1n) is 6.83. The fourth-order valence-electron chi connectivity index (χ4n) is 2.31. The molecule has 6 nitrogen and oxygen atoms in total. The summed E-state index contributed by atoms with van der Waals surface area (Å²) in [5.41, 5.74) is 1.11. The molecule has 0 aliphatic carbocycles. The molecule has 2 aromatic rings. The summed E-state index contributed by atoms with van der Waals surface area (Å²) in [4.78, 5) is 41.2. The second-order valence-corrected chi connectivity index (χ2v) is 4.78. The standard InChI is InChI=1S/C16H13N3O3/c20-14(13-7-3-4-8-17-13)18-9-10-19-15(21)11-5-1-2-6-12(11)16(19)22/h1-8H,9-10H2,(H,18,20). The number of nitrogens with zero attached hydrogens (tertiary/aromatic N) is 2. The summed E-state index contributed by atoms with van der Waals surface area (Å²) in [6.07, 6.45) is 1.53. The molecule has 3 rings (SSSR count). The van der Waals surface area contributed by atoms with Crippen molar-refractivity contribution < 1.29 is 14.4 Å². The van der Waals surface area contributed by atoms with Crippen LogP contribution in [0.5, 0.6) is 0 Å². The fourth-order valence-corrected chi connectivity index (χ4v) is 2.31. The number of aromatic nitrogens is 1. The Balaban J connectivity index is 1.61. The van der Waals surface area contributed by atoms with Gasteiger partial charge in [0.1, 0.15) is 5.69 Å². The zero-order valence-electron chi connectivity index (χ0n) is 11.7. The summed E-state index contributed by atoms with van der Waals surface area (Å²) in [5.74, 6) is -0.988. The van der Waals surface area contributed by atoms with Gasteiger partial charge in [-0.15, -0.1) is 0 Å². The van der Waals surface area contributed by atoms with Gasteiger partial charge in [0.2, 0.25) is 0 Å². The van der Waals surface area contributed by atoms with Gasteiger partial charge in [0, 0.05) is 19.3 Å². The molecule has 0 bridgehead atoms. The zero-order chi connectivity index (χ0) is 15.5. The zero-order valence-corrected chi connectivity index (χ0v) is 11.7. The Morgan fingerprint density at radius 1 is 1.00 bits per heavy atom. The molecule has 1 aromatic heterocycles. The summed E-state index contributed by atoms with van der Waals surface area (Å²) in [6.45, 7) is 0.311. The minimum Gasteiger partial charge on any atom is -0.349 e. The van der Waals surface area contributed by atoms with Crippen LogP contribution in [0.15, 0.2) is 48.7 Å². The first kappa shape index (κ1) is 13.9. The Morgan fingerprint density at radius 2 is 1.64 bits per heavy atom. The van der Waals surface area contributed by atoms with Gasteiger partial charge in [-0.2, -0.15) is 0 Å². The third-order valence-electron chi connectivity index (χ3n) is 3.40. The fraction of sp³-hybridized carbons (Fsp3) is 0.125. The lowest BCUT2D eigenvalue weighted by atomic mass is 10.1. The molecule has 0 spiro atoms. The highest BCUT2D eigenvalue weighted by molar-refractivity contribution is 6.21. The van der Waals surface area contributed by atoms with Crippen molar-refractivity contribution in [2.75, 3.05) is 13.1 Å². The molecule has 2 heterocycles. The van der Waals surface area contributed by atoms with E-state index in [4.69, 9.17) is 0 Å². The van der Waals surface area contributed by atoms with E-state index in [2.05, 4.69) is 10.3 Å². The number of amides is 3. The van der Waals surface area contributed by atoms with Gasteiger partial charge in [0.25, 0.3) is 17.7 Å². The second-order valence-electron chi connectivity index (χ2n) is 4.78. The van der Waals surface area contributed by atoms with Crippen LogP contribution in [0.4, 0.5) is 0 Å². The van der Waals surface area contributed by atoms with Gasteiger partial charge in [-0.3, -0.25) is 24.3 Å². The number of fused-ring (bicyclic) bond motifs is 1. The highest BCUT2D eigenvalue weighted by Gasteiger charge is 2.34. The van der Waals surface area contributed by atoms with Gasteiger partial charge in [0.15, 0.2) is 0 Å². The maximum atomic E-state index is 12.1. The van der Waals surface area contributed by atoms with Crippen molar-refractivity contribution in [1.29, 1.82) is 0 Å². The maximum absolute atomic E-state index is 12.1. The molecule has 1 aliphatic heterocycles. The maximum Gasteiger partial charge on any atom is 0.269 e. The van der Waals surface area contributed by atoms with Gasteiger partial charge in [0.05, 0.1) is 11.1 Å². The predicted octanol–water partition coefficient (Wildman–Crippen LogP) is 1.11. The average molecular weight is 295 g/mol. The number of pyridine rings is 1. The molecule has 0 saturated heterocycles. The van der Waals surface area contributed by atoms with Crippen molar-refractivity contribution in [2.24, 2.45) is 0 Å². The number of rotatable bonds is 4. The summed E-state index contributed by atoms with van der Waals surface area (Å²) >= 11 is 0. The summed E-state index contributed by atoms with van der Waals surface area (Å²) in [5, 5.41) is 2.65. The first-order valence-corrected chi connectivity index (χ1v) is 6.83. The molecular weight excluding hydrogens is 282 g/mol. The lowest BCUT2D eigenvalue weighted by molar-refractivity contribution is 0.0649. The molecule has 22 heavy (non-hydrogen) atoms. The van der Waals surface area contributed by atoms with E-state index in [0.717, 1.165) is 4.90 Å². The van der Waals surface area contributed by atoms with Crippen molar-refractivity contribution >= 4 is 17.7 Å². The largest absolute Gasteiger partial charge is 0.349 e. The number of carbonyl (C=O) groups is 3. The Hall–Kier alpha value is -3.02. The Labute approximate surface area is 126 Å². The molecule has 6 heteroatoms. The third kappa shape index (κ3) is 2.46. The molecule has 0 radical (unpaired) electrons. The van der Waals surface area contributed by atoms with E-state index < -0.39 is 0 Å². The number of imide groups is 1. The predicted molar refractivity (Wildman–Crippen MR) is 78.4 cm³/mol. The summed E-state index contributed by atoms with van der Waals surface area (Å²) in [7, 11) is 0. The van der Waals surface area contributed by atoms with Crippen LogP contribution < -0.4 is 5.32 Å². The molecule has 1 aliphatic rings. The van der Waals surface area contributed by atoms with Crippen LogP contribution in [0.1, 0.15) is 31.2 Å². The SMILES string of the molecule is O=C(NCCN1C(=O)c2ccccc2C1=O)c1ccccn1. The molecular formula is C16H13N3O3. The monoisotopic (exact) mass is 295 g/mol. The summed E-state index contributed by atoms with van der Waals surface area (Å²) in [6, 6.07) is 11.7. The van der Waals surface area contributed by atoms with Crippen molar-refractivity contribution in [3.8, 4) is 0 Å². The number of benzene rings is 1. The molecule has 1 aromatic carbocycles. The molecule has 0 saturated carbocycles. The normalized spacial score (nSPS) is 13.2. The summed E-state index contributed by atoms with van der Waals surface area (Å²) < 4.78 is 0. The van der Waals surface area contributed by atoms with E-state index in [0.29, 0.717) is 16.8 Å². The van der Waals surface area contributed by atoms with Crippen LogP contribution >= 0.6 is 0 Å². The van der Waals surface area contributed by atoms with E-state index in [1.165, 1.54) is 6.20 Å². The van der Waals surface area contributed by atoms with Gasteiger partial charge in [-0.1, -0.05) is 18.2 Å². The number of hydrogen-bond acceptors (Lipinski definition) is 4. The Kier molecular flexibility index (Phi) is 3.65. The number of nitrogens with one attached hydrogen (secondary N) is 1. The van der Waals surface area contributed by atoms with Crippen LogP contribution in [0, 0.1) is 0 Å². The quantitative estimate of drug-likeness (QED) is 0.857. The van der Waals surface area contributed by atoms with Crippen LogP contribution in [0.2, 0.25) is 0 Å². The highest BCUT2D eigenvalue weighted by Crippen LogP contribution is 2.21. The molecule has 0 fully saturated rings. The van der Waals surface area contributed by atoms with Crippen molar-refractivity contribution in [1.82, 2.24) is 15.2 Å². The Morgan fingerprint density at radius 3 is 2.23 bits per heavy atom. The van der Waals surface area contributed by atoms with Crippen molar-refractivity contribution in [3.63, 3.8) is 0 Å². The average Bonchev–Trinajstić information content (AvgIpc) is 2.81. The van der Waals surface area contributed by atoms with Gasteiger partial charge in [-0.25, -0.2) is 0 Å². The van der Waals surface area contributed by atoms with E-state index in [9.17, 15) is 14.4 Å². The topological polar surface area (TPSA) is 79.4 Å². The van der Waals surface area contributed by atoms with E-state index >= 15 is 0 Å². The minimum atomic E-state index is -0.336.